The van der Waals surface area contributed by atoms with E-state index in [1.807, 2.05) is 30.2 Å². The molecule has 0 aromatic heterocycles. The summed E-state index contributed by atoms with van der Waals surface area (Å²) in [5, 5.41) is 0. The molecule has 13 heavy (non-hydrogen) atoms. The Morgan fingerprint density at radius 2 is 2.38 bits per heavy atom. The van der Waals surface area contributed by atoms with Crippen molar-refractivity contribution >= 4 is 21.9 Å². The largest absolute Gasteiger partial charge is 0.233 e. The smallest absolute Gasteiger partial charge is 0.128 e. The van der Waals surface area contributed by atoms with Crippen molar-refractivity contribution in [1.82, 2.24) is 0 Å². The SMILES string of the molecule is C=CC(=C=O)Cc1cccc(Br)c1. The van der Waals surface area contributed by atoms with Gasteiger partial charge in [0.1, 0.15) is 5.94 Å². The highest BCUT2D eigenvalue weighted by Gasteiger charge is 1.97. The van der Waals surface area contributed by atoms with E-state index in [0.29, 0.717) is 12.0 Å². The average Bonchev–Trinajstić information content (AvgIpc) is 2.14. The van der Waals surface area contributed by atoms with E-state index in [-0.39, 0.29) is 0 Å². The molecule has 0 aliphatic carbocycles. The van der Waals surface area contributed by atoms with Crippen LogP contribution in [0.2, 0.25) is 0 Å². The highest BCUT2D eigenvalue weighted by molar-refractivity contribution is 9.10. The molecular weight excluding hydrogens is 228 g/mol. The molecule has 0 N–H and O–H groups in total. The molecule has 0 fully saturated rings. The quantitative estimate of drug-likeness (QED) is 0.583. The maximum absolute atomic E-state index is 10.4. The van der Waals surface area contributed by atoms with Gasteiger partial charge in [-0.1, -0.05) is 40.7 Å². The van der Waals surface area contributed by atoms with Gasteiger partial charge in [-0.2, -0.15) is 0 Å². The molecule has 0 unspecified atom stereocenters. The molecule has 2 heteroatoms. The van der Waals surface area contributed by atoms with E-state index in [0.717, 1.165) is 10.0 Å². The first-order valence-corrected chi connectivity index (χ1v) is 4.66. The Morgan fingerprint density at radius 1 is 1.62 bits per heavy atom. The molecule has 0 aliphatic rings. The van der Waals surface area contributed by atoms with E-state index in [1.165, 1.54) is 6.08 Å². The molecule has 1 aromatic carbocycles. The predicted molar refractivity (Wildman–Crippen MR) is 57.2 cm³/mol. The normalized spacial score (nSPS) is 9.00. The second-order valence-electron chi connectivity index (χ2n) is 2.64. The monoisotopic (exact) mass is 236 g/mol. The zero-order valence-electron chi connectivity index (χ0n) is 7.09. The van der Waals surface area contributed by atoms with Crippen molar-refractivity contribution in [3.05, 3.63) is 52.5 Å². The molecule has 0 radical (unpaired) electrons. The van der Waals surface area contributed by atoms with Gasteiger partial charge in [0.15, 0.2) is 0 Å². The Labute approximate surface area is 85.9 Å². The van der Waals surface area contributed by atoms with Crippen molar-refractivity contribution in [2.75, 3.05) is 0 Å². The summed E-state index contributed by atoms with van der Waals surface area (Å²) >= 11 is 3.36. The summed E-state index contributed by atoms with van der Waals surface area (Å²) < 4.78 is 1.01. The Bertz CT molecular complexity index is 362. The van der Waals surface area contributed by atoms with Crippen LogP contribution in [-0.2, 0) is 11.2 Å². The lowest BCUT2D eigenvalue weighted by Crippen LogP contribution is -1.87. The van der Waals surface area contributed by atoms with Gasteiger partial charge in [-0.25, -0.2) is 4.79 Å². The lowest BCUT2D eigenvalue weighted by Gasteiger charge is -1.99. The topological polar surface area (TPSA) is 17.1 Å². The molecule has 0 heterocycles. The summed E-state index contributed by atoms with van der Waals surface area (Å²) in [6, 6.07) is 7.82. The summed E-state index contributed by atoms with van der Waals surface area (Å²) in [4.78, 5) is 10.4. The van der Waals surface area contributed by atoms with Crippen molar-refractivity contribution in [1.29, 1.82) is 0 Å². The number of allylic oxidation sites excluding steroid dienone is 2. The number of carbonyl (C=O) groups excluding carboxylic acids is 1. The third-order valence-corrected chi connectivity index (χ3v) is 2.15. The van der Waals surface area contributed by atoms with Crippen molar-refractivity contribution in [3.63, 3.8) is 0 Å². The maximum Gasteiger partial charge on any atom is 0.128 e. The zero-order valence-corrected chi connectivity index (χ0v) is 8.67. The first kappa shape index (κ1) is 9.97. The van der Waals surface area contributed by atoms with E-state index in [1.54, 1.807) is 0 Å². The minimum atomic E-state index is 0.582. The van der Waals surface area contributed by atoms with Crippen LogP contribution in [0.4, 0.5) is 0 Å². The third kappa shape index (κ3) is 3.02. The van der Waals surface area contributed by atoms with Crippen LogP contribution in [0.1, 0.15) is 5.56 Å². The highest BCUT2D eigenvalue weighted by Crippen LogP contribution is 2.14. The molecule has 1 aromatic rings. The van der Waals surface area contributed by atoms with Crippen molar-refractivity contribution in [3.8, 4) is 0 Å². The van der Waals surface area contributed by atoms with Crippen LogP contribution < -0.4 is 0 Å². The highest BCUT2D eigenvalue weighted by atomic mass is 79.9. The second kappa shape index (κ2) is 4.80. The first-order chi connectivity index (χ1) is 6.26. The third-order valence-electron chi connectivity index (χ3n) is 1.66. The molecule has 0 bridgehead atoms. The number of rotatable bonds is 3. The fraction of sp³-hybridized carbons (Fsp3) is 0.0909. The van der Waals surface area contributed by atoms with Gasteiger partial charge in [-0.05, 0) is 17.7 Å². The van der Waals surface area contributed by atoms with Crippen LogP contribution in [0.25, 0.3) is 0 Å². The lowest BCUT2D eigenvalue weighted by molar-refractivity contribution is 0.567. The van der Waals surface area contributed by atoms with Gasteiger partial charge in [0.2, 0.25) is 0 Å². The summed E-state index contributed by atoms with van der Waals surface area (Å²) in [7, 11) is 0. The van der Waals surface area contributed by atoms with Crippen molar-refractivity contribution in [2.24, 2.45) is 0 Å². The van der Waals surface area contributed by atoms with E-state index < -0.39 is 0 Å². The van der Waals surface area contributed by atoms with Crippen LogP contribution in [0, 0.1) is 0 Å². The Morgan fingerprint density at radius 3 is 2.92 bits per heavy atom. The Kier molecular flexibility index (Phi) is 3.69. The standard InChI is InChI=1S/C11H9BrO/c1-2-9(8-13)6-10-4-3-5-11(12)7-10/h2-5,7H,1,6H2. The predicted octanol–water partition coefficient (Wildman–Crippen LogP) is 2.94. The van der Waals surface area contributed by atoms with Gasteiger partial charge in [0.25, 0.3) is 0 Å². The summed E-state index contributed by atoms with van der Waals surface area (Å²) in [6.07, 6.45) is 2.13. The fourth-order valence-corrected chi connectivity index (χ4v) is 1.46. The number of hydrogen-bond acceptors (Lipinski definition) is 1. The Balaban J connectivity index is 2.85. The zero-order chi connectivity index (χ0) is 9.68. The maximum atomic E-state index is 10.4. The summed E-state index contributed by atoms with van der Waals surface area (Å²) in [6.45, 7) is 3.54. The van der Waals surface area contributed by atoms with Crippen molar-refractivity contribution < 1.29 is 4.79 Å². The molecule has 66 valence electrons. The van der Waals surface area contributed by atoms with E-state index in [4.69, 9.17) is 0 Å². The molecule has 0 saturated heterocycles. The fourth-order valence-electron chi connectivity index (χ4n) is 1.02. The first-order valence-electron chi connectivity index (χ1n) is 3.87. The lowest BCUT2D eigenvalue weighted by atomic mass is 10.1. The summed E-state index contributed by atoms with van der Waals surface area (Å²) in [5.74, 6) is 1.85. The molecular formula is C11H9BrO. The summed E-state index contributed by atoms with van der Waals surface area (Å²) in [5.41, 5.74) is 1.66. The van der Waals surface area contributed by atoms with Gasteiger partial charge >= 0.3 is 0 Å². The van der Waals surface area contributed by atoms with Crippen LogP contribution >= 0.6 is 15.9 Å². The average molecular weight is 237 g/mol. The second-order valence-corrected chi connectivity index (χ2v) is 3.55. The van der Waals surface area contributed by atoms with Gasteiger partial charge < -0.3 is 0 Å². The van der Waals surface area contributed by atoms with Crippen molar-refractivity contribution in [2.45, 2.75) is 6.42 Å². The molecule has 0 spiro atoms. The van der Waals surface area contributed by atoms with Crippen LogP contribution in [0.3, 0.4) is 0 Å². The molecule has 0 atom stereocenters. The minimum Gasteiger partial charge on any atom is -0.233 e. The number of benzene rings is 1. The molecule has 0 aliphatic heterocycles. The number of halogens is 1. The Hall–Kier alpha value is -1.11. The van der Waals surface area contributed by atoms with Gasteiger partial charge in [-0.15, -0.1) is 0 Å². The van der Waals surface area contributed by atoms with Gasteiger partial charge in [0.05, 0.1) is 0 Å². The van der Waals surface area contributed by atoms with Crippen LogP contribution in [-0.4, -0.2) is 5.94 Å². The molecule has 1 nitrogen and oxygen atoms in total. The van der Waals surface area contributed by atoms with Crippen LogP contribution in [0.15, 0.2) is 47.0 Å². The molecule has 0 saturated carbocycles. The molecule has 0 amide bonds. The minimum absolute atomic E-state index is 0.582. The van der Waals surface area contributed by atoms with E-state index in [9.17, 15) is 4.79 Å². The van der Waals surface area contributed by atoms with Gasteiger partial charge in [0, 0.05) is 16.5 Å². The van der Waals surface area contributed by atoms with E-state index in [2.05, 4.69) is 22.5 Å². The van der Waals surface area contributed by atoms with E-state index >= 15 is 0 Å². The van der Waals surface area contributed by atoms with Crippen LogP contribution in [0.5, 0.6) is 0 Å². The van der Waals surface area contributed by atoms with Gasteiger partial charge in [-0.3, -0.25) is 0 Å². The number of hydrogen-bond donors (Lipinski definition) is 0. The molecule has 1 rings (SSSR count).